The predicted octanol–water partition coefficient (Wildman–Crippen LogP) is 2.32. The summed E-state index contributed by atoms with van der Waals surface area (Å²) >= 11 is 0. The van der Waals surface area contributed by atoms with Crippen molar-refractivity contribution in [1.29, 1.82) is 0 Å². The number of nitrogens with one attached hydrogen (secondary N) is 1. The molecule has 1 aromatic carbocycles. The van der Waals surface area contributed by atoms with Gasteiger partial charge in [-0.2, -0.15) is 0 Å². The van der Waals surface area contributed by atoms with Crippen LogP contribution in [0.25, 0.3) is 0 Å². The molecule has 112 valence electrons. The fourth-order valence-electron chi connectivity index (χ4n) is 4.00. The largest absolute Gasteiger partial charge is 0.381 e. The number of anilines is 2. The Morgan fingerprint density at radius 3 is 2.38 bits per heavy atom. The van der Waals surface area contributed by atoms with Crippen LogP contribution in [0.3, 0.4) is 0 Å². The average molecular weight is 285 g/mol. The van der Waals surface area contributed by atoms with E-state index in [1.165, 1.54) is 38.2 Å². The van der Waals surface area contributed by atoms with E-state index in [9.17, 15) is 4.79 Å². The normalized spacial score (nSPS) is 31.7. The first-order valence-electron chi connectivity index (χ1n) is 8.19. The second kappa shape index (κ2) is 5.34. The van der Waals surface area contributed by atoms with Crippen molar-refractivity contribution in [3.63, 3.8) is 0 Å². The lowest BCUT2D eigenvalue weighted by Crippen LogP contribution is -2.53. The Hall–Kier alpha value is -1.55. The molecule has 1 aromatic rings. The number of hydrogen-bond acceptors (Lipinski definition) is 3. The van der Waals surface area contributed by atoms with Crippen LogP contribution in [0.2, 0.25) is 0 Å². The van der Waals surface area contributed by atoms with Gasteiger partial charge in [-0.25, -0.2) is 0 Å². The molecule has 4 aliphatic rings. The summed E-state index contributed by atoms with van der Waals surface area (Å²) in [6.45, 7) is 4.60. The number of rotatable bonds is 3. The SMILES string of the molecule is O=C1CCCN1c1ccc(NC2CN3CCC2CC3)cc1. The van der Waals surface area contributed by atoms with Crippen molar-refractivity contribution >= 4 is 17.3 Å². The first-order chi connectivity index (χ1) is 10.3. The molecular formula is C17H23N3O. The van der Waals surface area contributed by atoms with Crippen LogP contribution in [0.15, 0.2) is 24.3 Å². The summed E-state index contributed by atoms with van der Waals surface area (Å²) in [5.41, 5.74) is 2.22. The molecule has 4 heteroatoms. The molecule has 0 aromatic heterocycles. The zero-order chi connectivity index (χ0) is 14.2. The molecule has 1 atom stereocenters. The molecule has 4 heterocycles. The topological polar surface area (TPSA) is 35.6 Å². The highest BCUT2D eigenvalue weighted by Gasteiger charge is 2.33. The number of amides is 1. The van der Waals surface area contributed by atoms with Crippen LogP contribution in [-0.2, 0) is 4.79 Å². The Bertz CT molecular complexity index is 519. The molecule has 21 heavy (non-hydrogen) atoms. The van der Waals surface area contributed by atoms with Gasteiger partial charge in [0, 0.05) is 36.9 Å². The van der Waals surface area contributed by atoms with E-state index in [1.807, 2.05) is 4.90 Å². The van der Waals surface area contributed by atoms with Gasteiger partial charge in [0.15, 0.2) is 0 Å². The molecule has 1 amide bonds. The van der Waals surface area contributed by atoms with Gasteiger partial charge in [0.25, 0.3) is 0 Å². The van der Waals surface area contributed by atoms with Crippen molar-refractivity contribution in [2.75, 3.05) is 36.4 Å². The Morgan fingerprint density at radius 2 is 1.81 bits per heavy atom. The first kappa shape index (κ1) is 13.1. The summed E-state index contributed by atoms with van der Waals surface area (Å²) in [5, 5.41) is 3.70. The lowest BCUT2D eigenvalue weighted by molar-refractivity contribution is -0.117. The van der Waals surface area contributed by atoms with Gasteiger partial charge in [-0.1, -0.05) is 0 Å². The molecule has 2 bridgehead atoms. The van der Waals surface area contributed by atoms with Crippen molar-refractivity contribution in [2.45, 2.75) is 31.7 Å². The summed E-state index contributed by atoms with van der Waals surface area (Å²) in [6.07, 6.45) is 4.34. The second-order valence-corrected chi connectivity index (χ2v) is 6.58. The van der Waals surface area contributed by atoms with Crippen LogP contribution in [0, 0.1) is 5.92 Å². The van der Waals surface area contributed by atoms with E-state index in [0.717, 1.165) is 24.6 Å². The average Bonchev–Trinajstić information content (AvgIpc) is 2.95. The standard InChI is InChI=1S/C17H23N3O/c21-17-2-1-9-20(17)15-5-3-14(4-6-15)18-16-12-19-10-7-13(16)8-11-19/h3-6,13,16,18H,1-2,7-12H2. The van der Waals surface area contributed by atoms with Crippen LogP contribution in [0.1, 0.15) is 25.7 Å². The van der Waals surface area contributed by atoms with Crippen molar-refractivity contribution in [2.24, 2.45) is 5.92 Å². The molecule has 4 nitrogen and oxygen atoms in total. The van der Waals surface area contributed by atoms with Gasteiger partial charge in [-0.05, 0) is 62.5 Å². The number of carbonyl (C=O) groups is 1. The van der Waals surface area contributed by atoms with Gasteiger partial charge >= 0.3 is 0 Å². The molecule has 1 N–H and O–H groups in total. The van der Waals surface area contributed by atoms with E-state index in [4.69, 9.17) is 0 Å². The van der Waals surface area contributed by atoms with Crippen LogP contribution < -0.4 is 10.2 Å². The third kappa shape index (κ3) is 2.53. The highest BCUT2D eigenvalue weighted by Crippen LogP contribution is 2.30. The molecule has 0 saturated carbocycles. The minimum absolute atomic E-state index is 0.257. The molecule has 0 aliphatic carbocycles. The van der Waals surface area contributed by atoms with Gasteiger partial charge < -0.3 is 15.1 Å². The number of hydrogen-bond donors (Lipinski definition) is 1. The Kier molecular flexibility index (Phi) is 3.34. The van der Waals surface area contributed by atoms with Crippen LogP contribution in [-0.4, -0.2) is 43.0 Å². The van der Waals surface area contributed by atoms with Gasteiger partial charge in [-0.15, -0.1) is 0 Å². The summed E-state index contributed by atoms with van der Waals surface area (Å²) in [6, 6.07) is 8.99. The zero-order valence-electron chi connectivity index (χ0n) is 12.4. The van der Waals surface area contributed by atoms with E-state index < -0.39 is 0 Å². The Balaban J connectivity index is 1.43. The van der Waals surface area contributed by atoms with Crippen LogP contribution in [0.4, 0.5) is 11.4 Å². The molecule has 4 fully saturated rings. The minimum atomic E-state index is 0.257. The van der Waals surface area contributed by atoms with Gasteiger partial charge in [0.05, 0.1) is 0 Å². The third-order valence-corrected chi connectivity index (χ3v) is 5.26. The van der Waals surface area contributed by atoms with Crippen molar-refractivity contribution in [3.05, 3.63) is 24.3 Å². The fourth-order valence-corrected chi connectivity index (χ4v) is 4.00. The summed E-state index contributed by atoms with van der Waals surface area (Å²) in [4.78, 5) is 16.2. The van der Waals surface area contributed by atoms with E-state index in [-0.39, 0.29) is 5.91 Å². The summed E-state index contributed by atoms with van der Waals surface area (Å²) < 4.78 is 0. The molecule has 0 spiro atoms. The van der Waals surface area contributed by atoms with Crippen molar-refractivity contribution in [3.8, 4) is 0 Å². The van der Waals surface area contributed by atoms with E-state index in [2.05, 4.69) is 34.5 Å². The van der Waals surface area contributed by atoms with Gasteiger partial charge in [0.2, 0.25) is 5.91 Å². The number of benzene rings is 1. The maximum absolute atomic E-state index is 11.8. The number of carbonyl (C=O) groups excluding carboxylic acids is 1. The van der Waals surface area contributed by atoms with Crippen molar-refractivity contribution in [1.82, 2.24) is 4.90 Å². The third-order valence-electron chi connectivity index (χ3n) is 5.26. The lowest BCUT2D eigenvalue weighted by atomic mass is 9.84. The van der Waals surface area contributed by atoms with Gasteiger partial charge in [0.1, 0.15) is 0 Å². The number of nitrogens with zero attached hydrogens (tertiary/aromatic N) is 2. The molecular weight excluding hydrogens is 262 g/mol. The second-order valence-electron chi connectivity index (χ2n) is 6.58. The predicted molar refractivity (Wildman–Crippen MR) is 84.6 cm³/mol. The summed E-state index contributed by atoms with van der Waals surface area (Å²) in [7, 11) is 0. The lowest BCUT2D eigenvalue weighted by Gasteiger charge is -2.45. The van der Waals surface area contributed by atoms with Crippen molar-refractivity contribution < 1.29 is 4.79 Å². The van der Waals surface area contributed by atoms with E-state index in [1.54, 1.807) is 0 Å². The highest BCUT2D eigenvalue weighted by atomic mass is 16.2. The number of fused-ring (bicyclic) bond motifs is 3. The number of piperidine rings is 3. The molecule has 0 radical (unpaired) electrons. The van der Waals surface area contributed by atoms with Crippen LogP contribution >= 0.6 is 0 Å². The molecule has 4 aliphatic heterocycles. The fraction of sp³-hybridized carbons (Fsp3) is 0.588. The minimum Gasteiger partial charge on any atom is -0.381 e. The van der Waals surface area contributed by atoms with Crippen LogP contribution in [0.5, 0.6) is 0 Å². The monoisotopic (exact) mass is 285 g/mol. The first-order valence-corrected chi connectivity index (χ1v) is 8.19. The maximum Gasteiger partial charge on any atom is 0.227 e. The molecule has 1 unspecified atom stereocenters. The zero-order valence-corrected chi connectivity index (χ0v) is 12.4. The highest BCUT2D eigenvalue weighted by molar-refractivity contribution is 5.95. The van der Waals surface area contributed by atoms with E-state index >= 15 is 0 Å². The molecule has 4 saturated heterocycles. The summed E-state index contributed by atoms with van der Waals surface area (Å²) in [5.74, 6) is 1.09. The molecule has 5 rings (SSSR count). The van der Waals surface area contributed by atoms with E-state index in [0.29, 0.717) is 12.5 Å². The Morgan fingerprint density at radius 1 is 1.05 bits per heavy atom. The Labute approximate surface area is 126 Å². The van der Waals surface area contributed by atoms with Gasteiger partial charge in [-0.3, -0.25) is 4.79 Å². The quantitative estimate of drug-likeness (QED) is 0.926. The maximum atomic E-state index is 11.8. The smallest absolute Gasteiger partial charge is 0.227 e.